The van der Waals surface area contributed by atoms with Crippen LogP contribution in [0.15, 0.2) is 0 Å². The molecule has 0 aromatic carbocycles. The fourth-order valence-corrected chi connectivity index (χ4v) is 0.712. The molecule has 0 radical (unpaired) electrons. The summed E-state index contributed by atoms with van der Waals surface area (Å²) in [5.74, 6) is 0.778. The molecule has 0 aliphatic heterocycles. The second-order valence-corrected chi connectivity index (χ2v) is 2.39. The van der Waals surface area contributed by atoms with E-state index in [1.54, 1.807) is 0 Å². The zero-order valence-corrected chi connectivity index (χ0v) is 5.81. The minimum absolute atomic E-state index is 0.259. The lowest BCUT2D eigenvalue weighted by Crippen LogP contribution is -2.03. The molecule has 0 aliphatic carbocycles. The van der Waals surface area contributed by atoms with Crippen LogP contribution in [0.25, 0.3) is 0 Å². The van der Waals surface area contributed by atoms with Gasteiger partial charge in [0, 0.05) is 5.92 Å². The Morgan fingerprint density at radius 3 is 2.00 bits per heavy atom. The van der Waals surface area contributed by atoms with E-state index < -0.39 is 0 Å². The molecule has 1 nitrogen and oxygen atoms in total. The monoisotopic (exact) mass is 111 g/mol. The third kappa shape index (κ3) is 1.97. The van der Waals surface area contributed by atoms with Gasteiger partial charge in [-0.25, -0.2) is 0 Å². The van der Waals surface area contributed by atoms with Gasteiger partial charge < -0.3 is 0 Å². The Labute approximate surface area is 51.3 Å². The molecule has 0 heterocycles. The van der Waals surface area contributed by atoms with Crippen LogP contribution in [0.5, 0.6) is 0 Å². The van der Waals surface area contributed by atoms with E-state index in [0.29, 0.717) is 5.92 Å². The maximum absolute atomic E-state index is 8.45. The Hall–Kier alpha value is -0.510. The molecule has 0 aliphatic rings. The minimum atomic E-state index is 0.259. The maximum Gasteiger partial charge on any atom is 0.0658 e. The van der Waals surface area contributed by atoms with Crippen molar-refractivity contribution in [3.05, 3.63) is 0 Å². The van der Waals surface area contributed by atoms with Crippen molar-refractivity contribution in [1.82, 2.24) is 0 Å². The van der Waals surface area contributed by atoms with Crippen LogP contribution >= 0.6 is 0 Å². The molecule has 0 bridgehead atoms. The third-order valence-electron chi connectivity index (χ3n) is 1.41. The van der Waals surface area contributed by atoms with Crippen molar-refractivity contribution >= 4 is 0 Å². The molecule has 0 aromatic heterocycles. The Kier molecular flexibility index (Phi) is 3.26. The molecule has 0 N–H and O–H groups in total. The summed E-state index contributed by atoms with van der Waals surface area (Å²) in [6.45, 7) is 6.21. The number of nitrogens with zero attached hydrogens (tertiary/aromatic N) is 1. The fraction of sp³-hybridized carbons (Fsp3) is 0.857. The van der Waals surface area contributed by atoms with Crippen LogP contribution in [0.3, 0.4) is 0 Å². The SMILES string of the molecule is CCC(C#N)C(C)C. The van der Waals surface area contributed by atoms with Crippen LogP contribution in [-0.2, 0) is 0 Å². The Morgan fingerprint density at radius 2 is 2.00 bits per heavy atom. The van der Waals surface area contributed by atoms with Gasteiger partial charge in [0.1, 0.15) is 0 Å². The average molecular weight is 111 g/mol. The highest BCUT2D eigenvalue weighted by atomic mass is 14.3. The van der Waals surface area contributed by atoms with Gasteiger partial charge in [0.05, 0.1) is 6.07 Å². The molecule has 0 aromatic rings. The second-order valence-electron chi connectivity index (χ2n) is 2.39. The van der Waals surface area contributed by atoms with E-state index in [1.165, 1.54) is 0 Å². The molecule has 0 spiro atoms. The molecule has 0 amide bonds. The van der Waals surface area contributed by atoms with Crippen molar-refractivity contribution < 1.29 is 0 Å². The van der Waals surface area contributed by atoms with Crippen LogP contribution in [0.2, 0.25) is 0 Å². The summed E-state index contributed by atoms with van der Waals surface area (Å²) in [4.78, 5) is 0. The van der Waals surface area contributed by atoms with Crippen molar-refractivity contribution in [1.29, 1.82) is 5.26 Å². The molecule has 0 saturated heterocycles. The lowest BCUT2D eigenvalue weighted by molar-refractivity contribution is 0.463. The van der Waals surface area contributed by atoms with E-state index >= 15 is 0 Å². The molecule has 46 valence electrons. The summed E-state index contributed by atoms with van der Waals surface area (Å²) in [6.07, 6.45) is 0.980. The largest absolute Gasteiger partial charge is 0.198 e. The molecular weight excluding hydrogens is 98.1 g/mol. The molecule has 1 heteroatoms. The van der Waals surface area contributed by atoms with E-state index in [9.17, 15) is 0 Å². The van der Waals surface area contributed by atoms with Gasteiger partial charge in [-0.3, -0.25) is 0 Å². The van der Waals surface area contributed by atoms with Gasteiger partial charge in [0.2, 0.25) is 0 Å². The predicted octanol–water partition coefficient (Wildman–Crippen LogP) is 2.19. The summed E-state index contributed by atoms with van der Waals surface area (Å²) < 4.78 is 0. The first-order valence-corrected chi connectivity index (χ1v) is 3.12. The number of hydrogen-bond acceptors (Lipinski definition) is 1. The number of hydrogen-bond donors (Lipinski definition) is 0. The van der Waals surface area contributed by atoms with Crippen LogP contribution < -0.4 is 0 Å². The van der Waals surface area contributed by atoms with Gasteiger partial charge in [-0.1, -0.05) is 20.8 Å². The first-order valence-electron chi connectivity index (χ1n) is 3.12. The number of nitriles is 1. The topological polar surface area (TPSA) is 23.8 Å². The summed E-state index contributed by atoms with van der Waals surface area (Å²) in [5, 5.41) is 8.45. The molecule has 0 rings (SSSR count). The standard InChI is InChI=1S/C7H13N/c1-4-7(5-8)6(2)3/h6-7H,4H2,1-3H3. The third-order valence-corrected chi connectivity index (χ3v) is 1.41. The van der Waals surface area contributed by atoms with E-state index in [1.807, 2.05) is 6.92 Å². The van der Waals surface area contributed by atoms with Crippen molar-refractivity contribution in [3.8, 4) is 6.07 Å². The maximum atomic E-state index is 8.45. The Bertz CT molecular complexity index is 89.1. The predicted molar refractivity (Wildman–Crippen MR) is 34.2 cm³/mol. The first-order chi connectivity index (χ1) is 3.72. The molecule has 1 unspecified atom stereocenters. The molecular formula is C7H13N. The van der Waals surface area contributed by atoms with Crippen molar-refractivity contribution in [2.24, 2.45) is 11.8 Å². The highest BCUT2D eigenvalue weighted by molar-refractivity contribution is 4.83. The second kappa shape index (κ2) is 3.49. The average Bonchev–Trinajstić information content (AvgIpc) is 1.69. The smallest absolute Gasteiger partial charge is 0.0658 e. The molecule has 0 fully saturated rings. The normalized spacial score (nSPS) is 13.4. The van der Waals surface area contributed by atoms with Gasteiger partial charge in [-0.2, -0.15) is 5.26 Å². The molecule has 1 atom stereocenters. The summed E-state index contributed by atoms with van der Waals surface area (Å²) in [5.41, 5.74) is 0. The van der Waals surface area contributed by atoms with E-state index in [2.05, 4.69) is 19.9 Å². The van der Waals surface area contributed by atoms with Crippen LogP contribution in [0.1, 0.15) is 27.2 Å². The zero-order valence-electron chi connectivity index (χ0n) is 5.81. The Morgan fingerprint density at radius 1 is 1.50 bits per heavy atom. The highest BCUT2D eigenvalue weighted by Crippen LogP contribution is 2.11. The van der Waals surface area contributed by atoms with Gasteiger partial charge in [-0.05, 0) is 12.3 Å². The van der Waals surface area contributed by atoms with Crippen LogP contribution in [-0.4, -0.2) is 0 Å². The van der Waals surface area contributed by atoms with E-state index in [4.69, 9.17) is 5.26 Å². The zero-order chi connectivity index (χ0) is 6.57. The van der Waals surface area contributed by atoms with Gasteiger partial charge >= 0.3 is 0 Å². The Balaban J connectivity index is 3.57. The van der Waals surface area contributed by atoms with E-state index in [0.717, 1.165) is 6.42 Å². The van der Waals surface area contributed by atoms with Crippen molar-refractivity contribution in [2.75, 3.05) is 0 Å². The summed E-state index contributed by atoms with van der Waals surface area (Å²) in [6, 6.07) is 2.25. The summed E-state index contributed by atoms with van der Waals surface area (Å²) in [7, 11) is 0. The quantitative estimate of drug-likeness (QED) is 0.536. The van der Waals surface area contributed by atoms with Gasteiger partial charge in [-0.15, -0.1) is 0 Å². The lowest BCUT2D eigenvalue weighted by atomic mass is 9.95. The molecule has 0 saturated carbocycles. The highest BCUT2D eigenvalue weighted by Gasteiger charge is 2.07. The van der Waals surface area contributed by atoms with Crippen LogP contribution in [0.4, 0.5) is 0 Å². The lowest BCUT2D eigenvalue weighted by Gasteiger charge is -2.07. The number of rotatable bonds is 2. The summed E-state index contributed by atoms with van der Waals surface area (Å²) >= 11 is 0. The van der Waals surface area contributed by atoms with Crippen molar-refractivity contribution in [3.63, 3.8) is 0 Å². The van der Waals surface area contributed by atoms with Gasteiger partial charge in [0.15, 0.2) is 0 Å². The van der Waals surface area contributed by atoms with Crippen molar-refractivity contribution in [2.45, 2.75) is 27.2 Å². The minimum Gasteiger partial charge on any atom is -0.198 e. The first kappa shape index (κ1) is 7.49. The fourth-order valence-electron chi connectivity index (χ4n) is 0.712. The van der Waals surface area contributed by atoms with Gasteiger partial charge in [0.25, 0.3) is 0 Å². The van der Waals surface area contributed by atoms with E-state index in [-0.39, 0.29) is 5.92 Å². The van der Waals surface area contributed by atoms with Crippen LogP contribution in [0, 0.1) is 23.2 Å². The molecule has 8 heavy (non-hydrogen) atoms.